The van der Waals surface area contributed by atoms with E-state index in [0.29, 0.717) is 5.92 Å². The molecule has 1 aromatic rings. The standard InChI is InChI=1S/C18H29N3O2/c1-12(2)15(5)19-10-17(23)21(6)11-16(22)20-18-13(3)8-7-9-14(18)4/h7-9,12,15,19H,10-11H2,1-6H3,(H,20,22)/t15-/m0/s1. The number of likely N-dealkylation sites (N-methyl/N-ethyl adjacent to an activating group) is 1. The van der Waals surface area contributed by atoms with Crippen LogP contribution in [0.25, 0.3) is 0 Å². The molecule has 0 spiro atoms. The van der Waals surface area contributed by atoms with Crippen LogP contribution in [-0.2, 0) is 9.59 Å². The molecule has 2 N–H and O–H groups in total. The molecule has 0 radical (unpaired) electrons. The first kappa shape index (κ1) is 19.2. The van der Waals surface area contributed by atoms with Gasteiger partial charge in [0, 0.05) is 18.8 Å². The number of amides is 2. The summed E-state index contributed by atoms with van der Waals surface area (Å²) < 4.78 is 0. The lowest BCUT2D eigenvalue weighted by Gasteiger charge is -2.21. The highest BCUT2D eigenvalue weighted by Gasteiger charge is 2.15. The van der Waals surface area contributed by atoms with Crippen LogP contribution in [0.1, 0.15) is 31.9 Å². The zero-order valence-corrected chi connectivity index (χ0v) is 15.1. The summed E-state index contributed by atoms with van der Waals surface area (Å²) in [7, 11) is 1.65. The Kier molecular flexibility index (Phi) is 7.23. The van der Waals surface area contributed by atoms with Crippen molar-refractivity contribution < 1.29 is 9.59 Å². The first-order valence-electron chi connectivity index (χ1n) is 8.05. The molecule has 0 saturated heterocycles. The highest BCUT2D eigenvalue weighted by molar-refractivity contribution is 5.95. The van der Waals surface area contributed by atoms with Crippen molar-refractivity contribution in [1.29, 1.82) is 0 Å². The van der Waals surface area contributed by atoms with E-state index in [-0.39, 0.29) is 30.9 Å². The van der Waals surface area contributed by atoms with E-state index in [0.717, 1.165) is 16.8 Å². The van der Waals surface area contributed by atoms with Gasteiger partial charge in [-0.1, -0.05) is 32.0 Å². The lowest BCUT2D eigenvalue weighted by atomic mass is 10.1. The smallest absolute Gasteiger partial charge is 0.243 e. The molecular formula is C18H29N3O2. The van der Waals surface area contributed by atoms with Crippen LogP contribution in [0.4, 0.5) is 5.69 Å². The Balaban J connectivity index is 2.52. The van der Waals surface area contributed by atoms with Crippen LogP contribution in [0, 0.1) is 19.8 Å². The second-order valence-electron chi connectivity index (χ2n) is 6.48. The van der Waals surface area contributed by atoms with Crippen molar-refractivity contribution >= 4 is 17.5 Å². The van der Waals surface area contributed by atoms with Crippen LogP contribution in [0.3, 0.4) is 0 Å². The van der Waals surface area contributed by atoms with Crippen LogP contribution in [0.15, 0.2) is 18.2 Å². The highest BCUT2D eigenvalue weighted by atomic mass is 16.2. The Morgan fingerprint density at radius 3 is 2.22 bits per heavy atom. The topological polar surface area (TPSA) is 61.4 Å². The molecule has 5 nitrogen and oxygen atoms in total. The van der Waals surface area contributed by atoms with E-state index >= 15 is 0 Å². The highest BCUT2D eigenvalue weighted by Crippen LogP contribution is 2.19. The maximum Gasteiger partial charge on any atom is 0.243 e. The molecule has 1 atom stereocenters. The maximum absolute atomic E-state index is 12.2. The normalized spacial score (nSPS) is 12.1. The van der Waals surface area contributed by atoms with Crippen molar-refractivity contribution in [3.63, 3.8) is 0 Å². The first-order valence-corrected chi connectivity index (χ1v) is 8.05. The fourth-order valence-electron chi connectivity index (χ4n) is 2.11. The number of para-hydroxylation sites is 1. The lowest BCUT2D eigenvalue weighted by Crippen LogP contribution is -2.43. The Labute approximate surface area is 139 Å². The van der Waals surface area contributed by atoms with E-state index in [9.17, 15) is 9.59 Å². The SMILES string of the molecule is Cc1cccc(C)c1NC(=O)CN(C)C(=O)CN[C@@H](C)C(C)C. The summed E-state index contributed by atoms with van der Waals surface area (Å²) >= 11 is 0. The van der Waals surface area contributed by atoms with Gasteiger partial charge >= 0.3 is 0 Å². The van der Waals surface area contributed by atoms with Crippen molar-refractivity contribution in [2.45, 2.75) is 40.7 Å². The minimum atomic E-state index is -0.185. The molecule has 0 aromatic heterocycles. The summed E-state index contributed by atoms with van der Waals surface area (Å²) in [6, 6.07) is 6.12. The van der Waals surface area contributed by atoms with Gasteiger partial charge in [0.2, 0.25) is 11.8 Å². The Hall–Kier alpha value is -1.88. The van der Waals surface area contributed by atoms with Crippen molar-refractivity contribution in [1.82, 2.24) is 10.2 Å². The quantitative estimate of drug-likeness (QED) is 0.811. The molecule has 0 aliphatic carbocycles. The monoisotopic (exact) mass is 319 g/mol. The summed E-state index contributed by atoms with van der Waals surface area (Å²) in [5, 5.41) is 6.08. The summed E-state index contributed by atoms with van der Waals surface area (Å²) in [5.74, 6) is 0.185. The predicted molar refractivity (Wildman–Crippen MR) is 94.5 cm³/mol. The van der Waals surface area contributed by atoms with Gasteiger partial charge in [-0.3, -0.25) is 9.59 Å². The minimum Gasteiger partial charge on any atom is -0.335 e. The van der Waals surface area contributed by atoms with Gasteiger partial charge in [0.05, 0.1) is 13.1 Å². The molecule has 1 aromatic carbocycles. The van der Waals surface area contributed by atoms with Gasteiger partial charge in [-0.15, -0.1) is 0 Å². The van der Waals surface area contributed by atoms with Crippen LogP contribution in [-0.4, -0.2) is 42.9 Å². The number of carbonyl (C=O) groups is 2. The molecule has 2 amide bonds. The van der Waals surface area contributed by atoms with E-state index in [2.05, 4.69) is 24.5 Å². The molecule has 0 aliphatic rings. The van der Waals surface area contributed by atoms with Gasteiger partial charge in [0.15, 0.2) is 0 Å². The van der Waals surface area contributed by atoms with Gasteiger partial charge in [-0.05, 0) is 37.8 Å². The number of aryl methyl sites for hydroxylation is 2. The van der Waals surface area contributed by atoms with Crippen molar-refractivity contribution in [2.75, 3.05) is 25.5 Å². The summed E-state index contributed by atoms with van der Waals surface area (Å²) in [5.41, 5.74) is 2.85. The third-order valence-corrected chi connectivity index (χ3v) is 4.13. The number of nitrogens with one attached hydrogen (secondary N) is 2. The van der Waals surface area contributed by atoms with Gasteiger partial charge in [-0.25, -0.2) is 0 Å². The summed E-state index contributed by atoms with van der Waals surface area (Å²) in [6.45, 7) is 10.4. The average Bonchev–Trinajstić information content (AvgIpc) is 2.48. The molecule has 1 rings (SSSR count). The van der Waals surface area contributed by atoms with Crippen molar-refractivity contribution in [2.24, 2.45) is 5.92 Å². The molecule has 0 saturated carbocycles. The fraction of sp³-hybridized carbons (Fsp3) is 0.556. The number of hydrogen-bond donors (Lipinski definition) is 2. The van der Waals surface area contributed by atoms with E-state index in [4.69, 9.17) is 0 Å². The third kappa shape index (κ3) is 6.02. The molecule has 0 aliphatic heterocycles. The molecule has 0 fully saturated rings. The van der Waals surface area contributed by atoms with E-state index in [1.807, 2.05) is 39.0 Å². The van der Waals surface area contributed by atoms with Crippen LogP contribution in [0.2, 0.25) is 0 Å². The number of nitrogens with zero attached hydrogens (tertiary/aromatic N) is 1. The van der Waals surface area contributed by atoms with Gasteiger partial charge in [0.25, 0.3) is 0 Å². The second-order valence-corrected chi connectivity index (χ2v) is 6.48. The average molecular weight is 319 g/mol. The predicted octanol–water partition coefficient (Wildman–Crippen LogP) is 2.33. The van der Waals surface area contributed by atoms with Gasteiger partial charge < -0.3 is 15.5 Å². The van der Waals surface area contributed by atoms with E-state index in [1.54, 1.807) is 7.05 Å². The van der Waals surface area contributed by atoms with Crippen LogP contribution >= 0.6 is 0 Å². The van der Waals surface area contributed by atoms with Gasteiger partial charge in [0.1, 0.15) is 0 Å². The van der Waals surface area contributed by atoms with Crippen LogP contribution in [0.5, 0.6) is 0 Å². The molecule has 0 heterocycles. The van der Waals surface area contributed by atoms with Crippen LogP contribution < -0.4 is 10.6 Å². The first-order chi connectivity index (χ1) is 10.7. The number of benzene rings is 1. The van der Waals surface area contributed by atoms with Gasteiger partial charge in [-0.2, -0.15) is 0 Å². The Morgan fingerprint density at radius 1 is 1.13 bits per heavy atom. The maximum atomic E-state index is 12.2. The molecule has 23 heavy (non-hydrogen) atoms. The fourth-order valence-corrected chi connectivity index (χ4v) is 2.11. The zero-order valence-electron chi connectivity index (χ0n) is 15.1. The molecule has 128 valence electrons. The number of hydrogen-bond acceptors (Lipinski definition) is 3. The zero-order chi connectivity index (χ0) is 17.6. The summed E-state index contributed by atoms with van der Waals surface area (Å²) in [6.07, 6.45) is 0. The molecule has 5 heteroatoms. The Morgan fingerprint density at radius 2 is 1.70 bits per heavy atom. The lowest BCUT2D eigenvalue weighted by molar-refractivity contribution is -0.132. The third-order valence-electron chi connectivity index (χ3n) is 4.13. The molecular weight excluding hydrogens is 290 g/mol. The van der Waals surface area contributed by atoms with E-state index in [1.165, 1.54) is 4.90 Å². The largest absolute Gasteiger partial charge is 0.335 e. The summed E-state index contributed by atoms with van der Waals surface area (Å²) in [4.78, 5) is 25.7. The van der Waals surface area contributed by atoms with Crippen molar-refractivity contribution in [3.05, 3.63) is 29.3 Å². The minimum absolute atomic E-state index is 0.0460. The Bertz CT molecular complexity index is 535. The molecule has 0 bridgehead atoms. The number of rotatable bonds is 7. The van der Waals surface area contributed by atoms with E-state index < -0.39 is 0 Å². The van der Waals surface area contributed by atoms with Crippen molar-refractivity contribution in [3.8, 4) is 0 Å². The second kappa shape index (κ2) is 8.67. The number of carbonyl (C=O) groups excluding carboxylic acids is 2. The number of anilines is 1. The molecule has 0 unspecified atom stereocenters.